The molecule has 6 rings (SSSR count). The van der Waals surface area contributed by atoms with E-state index < -0.39 is 54.0 Å². The van der Waals surface area contributed by atoms with Crippen molar-refractivity contribution in [3.05, 3.63) is 95.6 Å². The van der Waals surface area contributed by atoms with Crippen LogP contribution in [-0.2, 0) is 24.7 Å². The van der Waals surface area contributed by atoms with E-state index in [2.05, 4.69) is 20.3 Å². The van der Waals surface area contributed by atoms with Crippen molar-refractivity contribution in [1.82, 2.24) is 10.2 Å². The Balaban J connectivity index is 1.33. The van der Waals surface area contributed by atoms with Crippen LogP contribution in [0.5, 0.6) is 11.5 Å². The minimum Gasteiger partial charge on any atom is -0.497 e. The Bertz CT molecular complexity index is 1680. The van der Waals surface area contributed by atoms with Crippen LogP contribution in [0.4, 0.5) is 4.39 Å². The summed E-state index contributed by atoms with van der Waals surface area (Å²) >= 11 is 0. The summed E-state index contributed by atoms with van der Waals surface area (Å²) in [6.45, 7) is 3.09. The maximum atomic E-state index is 15.9. The summed E-state index contributed by atoms with van der Waals surface area (Å²) in [5.41, 5.74) is 1.05. The summed E-state index contributed by atoms with van der Waals surface area (Å²) in [6.07, 6.45) is -4.81. The van der Waals surface area contributed by atoms with Crippen LogP contribution in [-0.4, -0.2) is 91.4 Å². The lowest BCUT2D eigenvalue weighted by Gasteiger charge is -2.37. The lowest BCUT2D eigenvalue weighted by molar-refractivity contribution is -0.120. The third-order valence-corrected chi connectivity index (χ3v) is 8.47. The summed E-state index contributed by atoms with van der Waals surface area (Å²) in [5.74, 6) is -0.366. The molecule has 0 aromatic heterocycles. The second kappa shape index (κ2) is 13.6. The quantitative estimate of drug-likeness (QED) is 0.317. The van der Waals surface area contributed by atoms with Crippen LogP contribution in [0.2, 0.25) is 0 Å². The molecule has 3 aromatic carbocycles. The van der Waals surface area contributed by atoms with E-state index in [1.165, 1.54) is 11.2 Å². The number of ether oxygens (including phenoxy) is 4. The van der Waals surface area contributed by atoms with Crippen LogP contribution in [0, 0.1) is 5.92 Å². The van der Waals surface area contributed by atoms with Crippen LogP contribution in [0.15, 0.2) is 93.8 Å². The average molecular weight is 658 g/mol. The van der Waals surface area contributed by atoms with E-state index in [4.69, 9.17) is 18.9 Å². The van der Waals surface area contributed by atoms with Crippen molar-refractivity contribution in [1.29, 1.82) is 0 Å². The van der Waals surface area contributed by atoms with E-state index >= 15 is 4.39 Å². The minimum absolute atomic E-state index is 0.0329. The van der Waals surface area contributed by atoms with Gasteiger partial charge >= 0.3 is 0 Å². The fourth-order valence-corrected chi connectivity index (χ4v) is 5.85. The fraction of sp³-hybridized carbons (Fsp3) is 0.343. The number of rotatable bonds is 10. The first kappa shape index (κ1) is 32.9. The molecule has 1 fully saturated rings. The number of halogens is 1. The van der Waals surface area contributed by atoms with Crippen molar-refractivity contribution in [3.8, 4) is 11.5 Å². The molecule has 3 aromatic rings. The van der Waals surface area contributed by atoms with E-state index in [1.807, 2.05) is 78.9 Å². The molecular formula is C35H36FN5O7. The zero-order valence-electron chi connectivity index (χ0n) is 26.8. The van der Waals surface area contributed by atoms with Gasteiger partial charge in [0.05, 0.1) is 27.2 Å². The summed E-state index contributed by atoms with van der Waals surface area (Å²) < 4.78 is 39.6. The monoisotopic (exact) mass is 657 g/mol. The van der Waals surface area contributed by atoms with Gasteiger partial charge in [0, 0.05) is 5.92 Å². The highest BCUT2D eigenvalue weighted by molar-refractivity contribution is 6.24. The molecule has 3 heterocycles. The highest BCUT2D eigenvalue weighted by Crippen LogP contribution is 2.42. The Morgan fingerprint density at radius 2 is 1.58 bits per heavy atom. The standard InChI is InChI=1S/C35H36FN5O7/c1-20(2)31(43)39-34-38-30-28(32(44)40-34)37-19-41(30)33-27(36)29(42)26(48-33)18-47-35(21-8-6-5-7-9-21,22-10-14-24(45-3)15-11-22)23-12-16-25(46-4)17-13-23/h5-17,19-20,26-29,33,42H,18H2,1-4H3,(H,39,40,43,44)/t26-,27-,28?,29-,33-/m1/s1. The second-order valence-corrected chi connectivity index (χ2v) is 11.8. The molecular weight excluding hydrogens is 621 g/mol. The lowest BCUT2D eigenvalue weighted by Crippen LogP contribution is -2.52. The van der Waals surface area contributed by atoms with Crippen LogP contribution in [0.25, 0.3) is 0 Å². The largest absolute Gasteiger partial charge is 0.497 e. The van der Waals surface area contributed by atoms with Crippen molar-refractivity contribution in [2.45, 2.75) is 50.1 Å². The Morgan fingerprint density at radius 3 is 2.15 bits per heavy atom. The van der Waals surface area contributed by atoms with E-state index in [0.717, 1.165) is 16.7 Å². The van der Waals surface area contributed by atoms with Gasteiger partial charge in [0.1, 0.15) is 29.3 Å². The number of methoxy groups -OCH3 is 2. The number of hydrogen-bond acceptors (Lipinski definition) is 9. The van der Waals surface area contributed by atoms with Crippen molar-refractivity contribution in [2.75, 3.05) is 20.8 Å². The first-order chi connectivity index (χ1) is 23.2. The number of carbonyl (C=O) groups is 2. The molecule has 13 heteroatoms. The highest BCUT2D eigenvalue weighted by atomic mass is 19.1. The van der Waals surface area contributed by atoms with Crippen LogP contribution in [0.1, 0.15) is 30.5 Å². The number of amidine groups is 1. The Morgan fingerprint density at radius 1 is 1.00 bits per heavy atom. The molecule has 0 radical (unpaired) electrons. The van der Waals surface area contributed by atoms with Crippen LogP contribution < -0.4 is 14.8 Å². The van der Waals surface area contributed by atoms with Crippen LogP contribution >= 0.6 is 0 Å². The second-order valence-electron chi connectivity index (χ2n) is 11.8. The third kappa shape index (κ3) is 6.07. The summed E-state index contributed by atoms with van der Waals surface area (Å²) in [6, 6.07) is 23.3. The van der Waals surface area contributed by atoms with Crippen molar-refractivity contribution in [2.24, 2.45) is 20.9 Å². The van der Waals surface area contributed by atoms with E-state index in [-0.39, 0.29) is 18.4 Å². The number of amides is 2. The first-order valence-electron chi connectivity index (χ1n) is 15.5. The van der Waals surface area contributed by atoms with Gasteiger partial charge in [-0.15, -0.1) is 0 Å². The van der Waals surface area contributed by atoms with Gasteiger partial charge in [-0.2, -0.15) is 9.98 Å². The zero-order chi connectivity index (χ0) is 34.0. The van der Waals surface area contributed by atoms with Gasteiger partial charge < -0.3 is 24.1 Å². The number of guanidine groups is 1. The summed E-state index contributed by atoms with van der Waals surface area (Å²) in [4.78, 5) is 38.6. The number of benzene rings is 3. The van der Waals surface area contributed by atoms with Gasteiger partial charge in [0.25, 0.3) is 11.8 Å². The Labute approximate surface area is 276 Å². The van der Waals surface area contributed by atoms with Crippen molar-refractivity contribution in [3.63, 3.8) is 0 Å². The molecule has 2 amide bonds. The lowest BCUT2D eigenvalue weighted by atomic mass is 9.80. The molecule has 2 N–H and O–H groups in total. The molecule has 3 aliphatic heterocycles. The normalized spacial score (nSPS) is 24.4. The van der Waals surface area contributed by atoms with Gasteiger partial charge in [-0.25, -0.2) is 4.39 Å². The topological polar surface area (TPSA) is 144 Å². The number of alkyl halides is 1. The molecule has 250 valence electrons. The van der Waals surface area contributed by atoms with Crippen molar-refractivity contribution >= 4 is 29.9 Å². The summed E-state index contributed by atoms with van der Waals surface area (Å²) in [5, 5.41) is 13.6. The summed E-state index contributed by atoms with van der Waals surface area (Å²) in [7, 11) is 3.17. The van der Waals surface area contributed by atoms with Gasteiger partial charge in [-0.1, -0.05) is 68.4 Å². The van der Waals surface area contributed by atoms with Crippen LogP contribution in [0.3, 0.4) is 0 Å². The maximum Gasteiger partial charge on any atom is 0.259 e. The molecule has 1 unspecified atom stereocenters. The van der Waals surface area contributed by atoms with E-state index in [9.17, 15) is 14.7 Å². The number of hydrogen-bond donors (Lipinski definition) is 2. The van der Waals surface area contributed by atoms with Gasteiger partial charge in [0.2, 0.25) is 5.96 Å². The number of aliphatic hydroxyl groups excluding tert-OH is 1. The number of fused-ring (bicyclic) bond motifs is 1. The molecule has 48 heavy (non-hydrogen) atoms. The molecule has 0 aliphatic carbocycles. The molecule has 12 nitrogen and oxygen atoms in total. The minimum atomic E-state index is -1.93. The smallest absolute Gasteiger partial charge is 0.259 e. The van der Waals surface area contributed by atoms with E-state index in [1.54, 1.807) is 28.1 Å². The average Bonchev–Trinajstić information content (AvgIpc) is 3.66. The molecule has 1 saturated heterocycles. The van der Waals surface area contributed by atoms with Gasteiger partial charge in [0.15, 0.2) is 24.3 Å². The Kier molecular flexibility index (Phi) is 9.35. The molecule has 5 atom stereocenters. The predicted octanol–water partition coefficient (Wildman–Crippen LogP) is 3.22. The predicted molar refractivity (Wildman–Crippen MR) is 175 cm³/mol. The molecule has 3 aliphatic rings. The number of aliphatic hydroxyl groups is 1. The van der Waals surface area contributed by atoms with E-state index in [0.29, 0.717) is 11.5 Å². The molecule has 0 saturated carbocycles. The highest BCUT2D eigenvalue weighted by Gasteiger charge is 2.52. The molecule has 0 spiro atoms. The Hall–Kier alpha value is -4.98. The number of carbonyl (C=O) groups excluding carboxylic acids is 2. The maximum absolute atomic E-state index is 15.9. The fourth-order valence-electron chi connectivity index (χ4n) is 5.85. The first-order valence-corrected chi connectivity index (χ1v) is 15.5. The van der Waals surface area contributed by atoms with Gasteiger partial charge in [-0.3, -0.25) is 24.8 Å². The van der Waals surface area contributed by atoms with Crippen molar-refractivity contribution < 1.29 is 38.0 Å². The number of nitrogens with one attached hydrogen (secondary N) is 1. The zero-order valence-corrected chi connectivity index (χ0v) is 26.8. The third-order valence-electron chi connectivity index (χ3n) is 8.47. The number of nitrogens with zero attached hydrogens (tertiary/aromatic N) is 4. The van der Waals surface area contributed by atoms with Gasteiger partial charge in [-0.05, 0) is 41.0 Å². The number of aliphatic imine (C=N–C) groups is 3. The SMILES string of the molecule is COc1ccc(C(OC[C@H]2O[C@@H](N3C=NC4C(=O)NC(=NC(=O)C(C)C)N=C43)[C@H](F)[C@@H]2O)(c2ccccc2)c2ccc(OC)cc2)cc1. The molecule has 0 bridgehead atoms.